The minimum absolute atomic E-state index is 0.0223. The van der Waals surface area contributed by atoms with Gasteiger partial charge in [-0.05, 0) is 17.5 Å². The van der Waals surface area contributed by atoms with Crippen molar-refractivity contribution in [2.24, 2.45) is 5.92 Å². The molecule has 25 heavy (non-hydrogen) atoms. The number of carbonyl (C=O) groups excluding carboxylic acids is 1. The molecule has 2 aliphatic rings. The average molecular weight is 359 g/mol. The average Bonchev–Trinajstić information content (AvgIpc) is 2.91. The number of halogens is 1. The summed E-state index contributed by atoms with van der Waals surface area (Å²) in [6, 6.07) is 9.83. The van der Waals surface area contributed by atoms with Gasteiger partial charge in [0.25, 0.3) is 0 Å². The molecule has 0 saturated heterocycles. The Morgan fingerprint density at radius 2 is 1.84 bits per heavy atom. The normalized spacial score (nSPS) is 23.8. The summed E-state index contributed by atoms with van der Waals surface area (Å²) in [6.07, 6.45) is 1.31. The van der Waals surface area contributed by atoms with Crippen LogP contribution in [0.2, 0.25) is 5.02 Å². The highest BCUT2D eigenvalue weighted by atomic mass is 35.5. The first-order chi connectivity index (χ1) is 12.0. The van der Waals surface area contributed by atoms with Gasteiger partial charge in [-0.25, -0.2) is 0 Å². The van der Waals surface area contributed by atoms with Gasteiger partial charge in [-0.15, -0.1) is 0 Å². The Morgan fingerprint density at radius 1 is 1.16 bits per heavy atom. The van der Waals surface area contributed by atoms with Gasteiger partial charge < -0.3 is 14.2 Å². The molecule has 0 aromatic heterocycles. The van der Waals surface area contributed by atoms with E-state index in [1.54, 1.807) is 6.07 Å². The zero-order chi connectivity index (χ0) is 17.8. The zero-order valence-corrected chi connectivity index (χ0v) is 15.1. The molecule has 4 nitrogen and oxygen atoms in total. The Balaban J connectivity index is 1.87. The predicted molar refractivity (Wildman–Crippen MR) is 95.3 cm³/mol. The minimum Gasteiger partial charge on any atom is -0.496 e. The highest BCUT2D eigenvalue weighted by Gasteiger charge is 2.55. The van der Waals surface area contributed by atoms with Crippen LogP contribution in [-0.2, 0) is 12.8 Å². The molecule has 2 aromatic carbocycles. The van der Waals surface area contributed by atoms with Gasteiger partial charge in [0.05, 0.1) is 14.2 Å². The number of Topliss-reactive ketones (excluding diaryl/α,β-unsaturated/α-hetero) is 1. The van der Waals surface area contributed by atoms with Crippen molar-refractivity contribution < 1.29 is 19.0 Å². The molecule has 1 spiro atoms. The summed E-state index contributed by atoms with van der Waals surface area (Å²) in [7, 11) is 3.06. The molecular formula is C20H19ClO4. The molecule has 1 aliphatic heterocycles. The van der Waals surface area contributed by atoms with E-state index < -0.39 is 5.60 Å². The number of carbonyl (C=O) groups is 1. The van der Waals surface area contributed by atoms with Crippen LogP contribution in [-0.4, -0.2) is 25.6 Å². The molecule has 1 aliphatic carbocycles. The highest BCUT2D eigenvalue weighted by Crippen LogP contribution is 2.53. The van der Waals surface area contributed by atoms with Gasteiger partial charge in [-0.3, -0.25) is 4.79 Å². The lowest BCUT2D eigenvalue weighted by Crippen LogP contribution is -2.51. The molecule has 130 valence electrons. The first-order valence-electron chi connectivity index (χ1n) is 8.27. The monoisotopic (exact) mass is 358 g/mol. The first kappa shape index (κ1) is 16.3. The molecule has 1 heterocycles. The quantitative estimate of drug-likeness (QED) is 0.810. The summed E-state index contributed by atoms with van der Waals surface area (Å²) >= 11 is 6.44. The second kappa shape index (κ2) is 5.67. The van der Waals surface area contributed by atoms with Crippen molar-refractivity contribution in [1.82, 2.24) is 0 Å². The van der Waals surface area contributed by atoms with Crippen molar-refractivity contribution in [2.75, 3.05) is 14.2 Å². The van der Waals surface area contributed by atoms with Crippen LogP contribution in [0.3, 0.4) is 0 Å². The van der Waals surface area contributed by atoms with Crippen molar-refractivity contribution in [3.63, 3.8) is 0 Å². The zero-order valence-electron chi connectivity index (χ0n) is 14.4. The van der Waals surface area contributed by atoms with E-state index in [1.807, 2.05) is 12.1 Å². The second-order valence-electron chi connectivity index (χ2n) is 6.67. The van der Waals surface area contributed by atoms with Crippen LogP contribution < -0.4 is 14.2 Å². The summed E-state index contributed by atoms with van der Waals surface area (Å²) in [5.74, 6) is 1.20. The lowest BCUT2D eigenvalue weighted by molar-refractivity contribution is 0.0267. The largest absolute Gasteiger partial charge is 0.496 e. The number of hydrogen-bond donors (Lipinski definition) is 0. The Morgan fingerprint density at radius 3 is 2.52 bits per heavy atom. The van der Waals surface area contributed by atoms with Gasteiger partial charge in [-0.2, -0.15) is 0 Å². The second-order valence-corrected chi connectivity index (χ2v) is 7.05. The molecule has 5 heteroatoms. The third-order valence-electron chi connectivity index (χ3n) is 5.38. The SMILES string of the molecule is COc1cc(OC)c2c(c1Cl)O[C@@]1(Cc3ccccc3C[C@H]1C)C2=O. The fraction of sp³-hybridized carbons (Fsp3) is 0.350. The predicted octanol–water partition coefficient (Wildman–Crippen LogP) is 4.11. The van der Waals surface area contributed by atoms with E-state index in [0.717, 1.165) is 12.0 Å². The lowest BCUT2D eigenvalue weighted by Gasteiger charge is -2.38. The third-order valence-corrected chi connectivity index (χ3v) is 5.74. The van der Waals surface area contributed by atoms with Gasteiger partial charge in [0, 0.05) is 18.4 Å². The standard InChI is InChI=1S/C20H19ClO4/c1-11-8-12-6-4-5-7-13(12)10-20(11)19(22)16-14(23-2)9-15(24-3)17(21)18(16)25-20/h4-7,9,11H,8,10H2,1-3H3/t11-,20-/m1/s1. The van der Waals surface area contributed by atoms with E-state index in [-0.39, 0.29) is 11.7 Å². The molecule has 0 unspecified atom stereocenters. The summed E-state index contributed by atoms with van der Waals surface area (Å²) in [5.41, 5.74) is 1.88. The Bertz CT molecular complexity index is 876. The lowest BCUT2D eigenvalue weighted by atomic mass is 9.71. The molecule has 2 atom stereocenters. The minimum atomic E-state index is -0.944. The number of hydrogen-bond acceptors (Lipinski definition) is 4. The van der Waals surface area contributed by atoms with Crippen LogP contribution in [0, 0.1) is 5.92 Å². The maximum Gasteiger partial charge on any atom is 0.214 e. The Kier molecular flexibility index (Phi) is 3.69. The maximum atomic E-state index is 13.4. The molecule has 0 amide bonds. The van der Waals surface area contributed by atoms with Crippen molar-refractivity contribution in [3.8, 4) is 17.2 Å². The fourth-order valence-corrected chi connectivity index (χ4v) is 4.24. The molecule has 2 aromatic rings. The van der Waals surface area contributed by atoms with Gasteiger partial charge in [0.15, 0.2) is 11.4 Å². The highest BCUT2D eigenvalue weighted by molar-refractivity contribution is 6.35. The topological polar surface area (TPSA) is 44.8 Å². The first-order valence-corrected chi connectivity index (χ1v) is 8.64. The van der Waals surface area contributed by atoms with Gasteiger partial charge >= 0.3 is 0 Å². The van der Waals surface area contributed by atoms with Crippen LogP contribution >= 0.6 is 11.6 Å². The molecule has 0 bridgehead atoms. The van der Waals surface area contributed by atoms with E-state index >= 15 is 0 Å². The number of fused-ring (bicyclic) bond motifs is 2. The number of benzene rings is 2. The smallest absolute Gasteiger partial charge is 0.214 e. The van der Waals surface area contributed by atoms with E-state index in [1.165, 1.54) is 19.8 Å². The number of rotatable bonds is 2. The molecule has 0 saturated carbocycles. The molecular weight excluding hydrogens is 340 g/mol. The summed E-state index contributed by atoms with van der Waals surface area (Å²) in [4.78, 5) is 13.4. The maximum absolute atomic E-state index is 13.4. The van der Waals surface area contributed by atoms with E-state index in [0.29, 0.717) is 34.3 Å². The Hall–Kier alpha value is -2.20. The summed E-state index contributed by atoms with van der Waals surface area (Å²) in [5, 5.41) is 0.314. The van der Waals surface area contributed by atoms with Crippen LogP contribution in [0.5, 0.6) is 17.2 Å². The molecule has 4 rings (SSSR count). The Labute approximate surface area is 151 Å². The number of ketones is 1. The van der Waals surface area contributed by atoms with Gasteiger partial charge in [-0.1, -0.05) is 42.8 Å². The van der Waals surface area contributed by atoms with Gasteiger partial charge in [0.1, 0.15) is 22.1 Å². The van der Waals surface area contributed by atoms with Crippen molar-refractivity contribution in [3.05, 3.63) is 52.0 Å². The van der Waals surface area contributed by atoms with Crippen LogP contribution in [0.1, 0.15) is 28.4 Å². The van der Waals surface area contributed by atoms with Gasteiger partial charge in [0.2, 0.25) is 5.78 Å². The summed E-state index contributed by atoms with van der Waals surface area (Å²) < 4.78 is 17.0. The van der Waals surface area contributed by atoms with E-state index in [9.17, 15) is 4.79 Å². The fourth-order valence-electron chi connectivity index (χ4n) is 3.97. The van der Waals surface area contributed by atoms with E-state index in [4.69, 9.17) is 25.8 Å². The molecule has 0 N–H and O–H groups in total. The van der Waals surface area contributed by atoms with Crippen molar-refractivity contribution >= 4 is 17.4 Å². The molecule has 0 radical (unpaired) electrons. The summed E-state index contributed by atoms with van der Waals surface area (Å²) in [6.45, 7) is 2.05. The van der Waals surface area contributed by atoms with Crippen molar-refractivity contribution in [2.45, 2.75) is 25.4 Å². The van der Waals surface area contributed by atoms with Crippen LogP contribution in [0.4, 0.5) is 0 Å². The van der Waals surface area contributed by atoms with Crippen LogP contribution in [0.15, 0.2) is 30.3 Å². The number of methoxy groups -OCH3 is 2. The molecule has 0 fully saturated rings. The van der Waals surface area contributed by atoms with E-state index in [2.05, 4.69) is 19.1 Å². The third kappa shape index (κ3) is 2.17. The van der Waals surface area contributed by atoms with Crippen molar-refractivity contribution in [1.29, 1.82) is 0 Å². The number of ether oxygens (including phenoxy) is 3. The van der Waals surface area contributed by atoms with Crippen LogP contribution in [0.25, 0.3) is 0 Å².